The minimum Gasteiger partial charge on any atom is -0.369 e. The van der Waals surface area contributed by atoms with Gasteiger partial charge < -0.3 is 15.1 Å². The molecule has 2 aliphatic rings. The Morgan fingerprint density at radius 1 is 1.15 bits per heavy atom. The van der Waals surface area contributed by atoms with Crippen molar-refractivity contribution in [3.8, 4) is 0 Å². The van der Waals surface area contributed by atoms with Gasteiger partial charge in [-0.15, -0.1) is 10.2 Å². The molecule has 33 heavy (non-hydrogen) atoms. The largest absolute Gasteiger partial charge is 0.369 e. The Hall–Kier alpha value is -2.79. The van der Waals surface area contributed by atoms with E-state index in [0.29, 0.717) is 29.8 Å². The highest BCUT2D eigenvalue weighted by atomic mass is 32.1. The van der Waals surface area contributed by atoms with Crippen molar-refractivity contribution in [1.82, 2.24) is 20.4 Å². The maximum absolute atomic E-state index is 13.1. The predicted molar refractivity (Wildman–Crippen MR) is 127 cm³/mol. The summed E-state index contributed by atoms with van der Waals surface area (Å²) in [6, 6.07) is 6.65. The lowest BCUT2D eigenvalue weighted by Crippen LogP contribution is -2.47. The highest BCUT2D eigenvalue weighted by Gasteiger charge is 2.25. The van der Waals surface area contributed by atoms with Crippen molar-refractivity contribution in [3.05, 3.63) is 30.1 Å². The molecule has 0 unspecified atom stereocenters. The van der Waals surface area contributed by atoms with Gasteiger partial charge in [-0.25, -0.2) is 4.39 Å². The number of hydrogen-bond acceptors (Lipinski definition) is 8. The van der Waals surface area contributed by atoms with Gasteiger partial charge in [-0.2, -0.15) is 0 Å². The summed E-state index contributed by atoms with van der Waals surface area (Å²) in [5.74, 6) is -0.195. The third-order valence-corrected chi connectivity index (χ3v) is 7.01. The summed E-state index contributed by atoms with van der Waals surface area (Å²) < 4.78 is 13.1. The van der Waals surface area contributed by atoms with Crippen LogP contribution in [0.3, 0.4) is 0 Å². The van der Waals surface area contributed by atoms with Crippen LogP contribution >= 0.6 is 11.3 Å². The number of likely N-dealkylation sites (N-methyl/N-ethyl adjacent to an activating group) is 1. The molecule has 1 aromatic heterocycles. The van der Waals surface area contributed by atoms with Crippen molar-refractivity contribution in [2.75, 3.05) is 74.1 Å². The summed E-state index contributed by atoms with van der Waals surface area (Å²) in [5, 5.41) is 12.4. The lowest BCUT2D eigenvalue weighted by molar-refractivity contribution is -0.119. The zero-order chi connectivity index (χ0) is 23.2. The number of piperazine rings is 1. The summed E-state index contributed by atoms with van der Waals surface area (Å²) in [7, 11) is 1.80. The smallest absolute Gasteiger partial charge is 0.239 e. The van der Waals surface area contributed by atoms with Gasteiger partial charge >= 0.3 is 0 Å². The van der Waals surface area contributed by atoms with E-state index in [4.69, 9.17) is 0 Å². The van der Waals surface area contributed by atoms with E-state index in [0.717, 1.165) is 51.3 Å². The normalized spacial score (nSPS) is 17.0. The molecule has 0 saturated carbocycles. The molecule has 3 heterocycles. The number of carbonyl (C=O) groups excluding carboxylic acids is 2. The van der Waals surface area contributed by atoms with Crippen molar-refractivity contribution >= 4 is 39.1 Å². The summed E-state index contributed by atoms with van der Waals surface area (Å²) in [6.45, 7) is 6.15. The Labute approximate surface area is 197 Å². The first-order chi connectivity index (χ1) is 16.0. The maximum atomic E-state index is 13.1. The molecule has 0 bridgehead atoms. The average molecular weight is 476 g/mol. The fourth-order valence-electron chi connectivity index (χ4n) is 4.07. The van der Waals surface area contributed by atoms with Crippen LogP contribution in [0.25, 0.3) is 0 Å². The Kier molecular flexibility index (Phi) is 7.71. The Balaban J connectivity index is 1.12. The second-order valence-corrected chi connectivity index (χ2v) is 9.32. The van der Waals surface area contributed by atoms with Crippen LogP contribution in [0.2, 0.25) is 0 Å². The average Bonchev–Trinajstić information content (AvgIpc) is 3.47. The van der Waals surface area contributed by atoms with Crippen LogP contribution in [0, 0.1) is 5.82 Å². The zero-order valence-electron chi connectivity index (χ0n) is 18.9. The number of nitrogens with zero attached hydrogens (tertiary/aromatic N) is 6. The standard InChI is InChI=1S/C22H30FN7O2S/c1-27(21-25-26-22(33-21)30-11-2-4-20(30)32)16-19(31)24-9-3-10-28-12-14-29(15-13-28)18-7-5-17(23)6-8-18/h5-8H,2-4,9-16H2,1H3,(H,24,31). The van der Waals surface area contributed by atoms with Crippen molar-refractivity contribution in [3.63, 3.8) is 0 Å². The number of benzene rings is 1. The number of hydrogen-bond donors (Lipinski definition) is 1. The maximum Gasteiger partial charge on any atom is 0.239 e. The fraction of sp³-hybridized carbons (Fsp3) is 0.545. The molecule has 0 aliphatic carbocycles. The van der Waals surface area contributed by atoms with Gasteiger partial charge in [0.15, 0.2) is 0 Å². The molecule has 0 radical (unpaired) electrons. The molecular weight excluding hydrogens is 445 g/mol. The van der Waals surface area contributed by atoms with Crippen molar-refractivity contribution in [2.24, 2.45) is 0 Å². The van der Waals surface area contributed by atoms with Crippen LogP contribution in [0.1, 0.15) is 19.3 Å². The van der Waals surface area contributed by atoms with Crippen LogP contribution < -0.4 is 20.0 Å². The molecule has 0 spiro atoms. The van der Waals surface area contributed by atoms with Gasteiger partial charge in [0.25, 0.3) is 0 Å². The molecule has 2 saturated heterocycles. The molecule has 0 atom stereocenters. The first kappa shape index (κ1) is 23.4. The van der Waals surface area contributed by atoms with E-state index in [2.05, 4.69) is 25.3 Å². The predicted octanol–water partition coefficient (Wildman–Crippen LogP) is 1.57. The topological polar surface area (TPSA) is 84.9 Å². The molecule has 11 heteroatoms. The second kappa shape index (κ2) is 10.9. The molecule has 2 fully saturated rings. The zero-order valence-corrected chi connectivity index (χ0v) is 19.7. The van der Waals surface area contributed by atoms with E-state index in [1.165, 1.54) is 23.5 Å². The summed E-state index contributed by atoms with van der Waals surface area (Å²) in [6.07, 6.45) is 2.28. The third-order valence-electron chi connectivity index (χ3n) is 5.95. The Morgan fingerprint density at radius 2 is 1.91 bits per heavy atom. The van der Waals surface area contributed by atoms with E-state index in [1.807, 2.05) is 12.1 Å². The molecule has 2 amide bonds. The van der Waals surface area contributed by atoms with E-state index in [9.17, 15) is 14.0 Å². The van der Waals surface area contributed by atoms with Gasteiger partial charge in [0, 0.05) is 58.4 Å². The number of halogens is 1. The van der Waals surface area contributed by atoms with Gasteiger partial charge in [0.05, 0.1) is 6.54 Å². The van der Waals surface area contributed by atoms with E-state index >= 15 is 0 Å². The minimum absolute atomic E-state index is 0.0624. The van der Waals surface area contributed by atoms with Gasteiger partial charge in [0.2, 0.25) is 22.1 Å². The highest BCUT2D eigenvalue weighted by molar-refractivity contribution is 7.19. The van der Waals surface area contributed by atoms with Crippen molar-refractivity contribution < 1.29 is 14.0 Å². The lowest BCUT2D eigenvalue weighted by Gasteiger charge is -2.36. The number of rotatable bonds is 9. The van der Waals surface area contributed by atoms with Gasteiger partial charge in [-0.1, -0.05) is 11.3 Å². The van der Waals surface area contributed by atoms with Crippen LogP contribution in [0.4, 0.5) is 20.3 Å². The minimum atomic E-state index is -0.211. The van der Waals surface area contributed by atoms with Crippen LogP contribution in [-0.4, -0.2) is 86.3 Å². The molecular formula is C22H30FN7O2S. The van der Waals surface area contributed by atoms with Crippen molar-refractivity contribution in [2.45, 2.75) is 19.3 Å². The van der Waals surface area contributed by atoms with Gasteiger partial charge in [-0.05, 0) is 43.7 Å². The molecule has 9 nitrogen and oxygen atoms in total. The highest BCUT2D eigenvalue weighted by Crippen LogP contribution is 2.29. The molecule has 4 rings (SSSR count). The second-order valence-electron chi connectivity index (χ2n) is 8.38. The summed E-state index contributed by atoms with van der Waals surface area (Å²) in [5.41, 5.74) is 1.06. The summed E-state index contributed by atoms with van der Waals surface area (Å²) in [4.78, 5) is 32.2. The molecule has 1 aromatic carbocycles. The van der Waals surface area contributed by atoms with E-state index < -0.39 is 0 Å². The Morgan fingerprint density at radius 3 is 2.61 bits per heavy atom. The van der Waals surface area contributed by atoms with E-state index in [-0.39, 0.29) is 24.2 Å². The lowest BCUT2D eigenvalue weighted by atomic mass is 10.2. The molecule has 2 aliphatic heterocycles. The number of aromatic nitrogens is 2. The first-order valence-electron chi connectivity index (χ1n) is 11.3. The Bertz CT molecular complexity index is 946. The number of anilines is 3. The van der Waals surface area contributed by atoms with Gasteiger partial charge in [-0.3, -0.25) is 19.4 Å². The van der Waals surface area contributed by atoms with Crippen LogP contribution in [-0.2, 0) is 9.59 Å². The SMILES string of the molecule is CN(CC(=O)NCCCN1CCN(c2ccc(F)cc2)CC1)c1nnc(N2CCCC2=O)s1. The number of amides is 2. The molecule has 2 aromatic rings. The number of carbonyl (C=O) groups is 2. The third kappa shape index (κ3) is 6.17. The van der Waals surface area contributed by atoms with Crippen molar-refractivity contribution in [1.29, 1.82) is 0 Å². The quantitative estimate of drug-likeness (QED) is 0.551. The first-order valence-corrected chi connectivity index (χ1v) is 12.2. The monoisotopic (exact) mass is 475 g/mol. The van der Waals surface area contributed by atoms with Gasteiger partial charge in [0.1, 0.15) is 5.82 Å². The fourth-order valence-corrected chi connectivity index (χ4v) is 4.92. The summed E-state index contributed by atoms with van der Waals surface area (Å²) >= 11 is 1.33. The molecule has 1 N–H and O–H groups in total. The molecule has 178 valence electrons. The van der Waals surface area contributed by atoms with E-state index in [1.54, 1.807) is 16.8 Å². The van der Waals surface area contributed by atoms with Crippen LogP contribution in [0.5, 0.6) is 0 Å². The number of nitrogens with one attached hydrogen (secondary N) is 1. The van der Waals surface area contributed by atoms with Crippen LogP contribution in [0.15, 0.2) is 24.3 Å².